The second-order valence-electron chi connectivity index (χ2n) is 7.21. The maximum absolute atomic E-state index is 12.9. The van der Waals surface area contributed by atoms with Crippen molar-refractivity contribution in [3.63, 3.8) is 0 Å². The highest BCUT2D eigenvalue weighted by Crippen LogP contribution is 2.21. The van der Waals surface area contributed by atoms with Gasteiger partial charge in [-0.2, -0.15) is 5.26 Å². The summed E-state index contributed by atoms with van der Waals surface area (Å²) in [7, 11) is 0. The van der Waals surface area contributed by atoms with E-state index in [9.17, 15) is 4.79 Å². The zero-order valence-corrected chi connectivity index (χ0v) is 18.3. The van der Waals surface area contributed by atoms with Gasteiger partial charge in [0.2, 0.25) is 0 Å². The van der Waals surface area contributed by atoms with Crippen LogP contribution in [0.4, 0.5) is 10.5 Å². The molecule has 0 aliphatic heterocycles. The molecule has 1 heterocycles. The van der Waals surface area contributed by atoms with Gasteiger partial charge in [-0.15, -0.1) is 0 Å². The van der Waals surface area contributed by atoms with Crippen LogP contribution in [0.25, 0.3) is 0 Å². The number of ether oxygens (including phenoxy) is 1. The third-order valence-corrected chi connectivity index (χ3v) is 5.14. The third kappa shape index (κ3) is 6.34. The SMILES string of the molecule is CCCCCN(C(=O)OCc1cncn1Cc1ccc(C#N)cc1)c1cccc(Cl)c1. The number of benzene rings is 2. The third-order valence-electron chi connectivity index (χ3n) is 4.90. The molecule has 6 nitrogen and oxygen atoms in total. The van der Waals surface area contributed by atoms with Gasteiger partial charge in [0.15, 0.2) is 0 Å². The van der Waals surface area contributed by atoms with Gasteiger partial charge < -0.3 is 9.30 Å². The molecule has 31 heavy (non-hydrogen) atoms. The number of unbranched alkanes of at least 4 members (excludes halogenated alkanes) is 2. The maximum atomic E-state index is 12.9. The van der Waals surface area contributed by atoms with Gasteiger partial charge in [0, 0.05) is 23.8 Å². The summed E-state index contributed by atoms with van der Waals surface area (Å²) in [5.74, 6) is 0. The Kier molecular flexibility index (Phi) is 8.08. The maximum Gasteiger partial charge on any atom is 0.414 e. The van der Waals surface area contributed by atoms with Gasteiger partial charge in [0.25, 0.3) is 0 Å². The van der Waals surface area contributed by atoms with Crippen molar-refractivity contribution >= 4 is 23.4 Å². The summed E-state index contributed by atoms with van der Waals surface area (Å²) in [6, 6.07) is 16.7. The van der Waals surface area contributed by atoms with E-state index in [1.54, 1.807) is 41.7 Å². The van der Waals surface area contributed by atoms with Crippen molar-refractivity contribution in [2.45, 2.75) is 39.3 Å². The Balaban J connectivity index is 1.66. The van der Waals surface area contributed by atoms with Crippen molar-refractivity contribution < 1.29 is 9.53 Å². The van der Waals surface area contributed by atoms with Gasteiger partial charge >= 0.3 is 6.09 Å². The highest BCUT2D eigenvalue weighted by molar-refractivity contribution is 6.30. The molecular weight excluding hydrogens is 412 g/mol. The molecule has 160 valence electrons. The predicted octanol–water partition coefficient (Wildman–Crippen LogP) is 5.79. The summed E-state index contributed by atoms with van der Waals surface area (Å²) in [4.78, 5) is 18.7. The lowest BCUT2D eigenvalue weighted by atomic mass is 10.1. The van der Waals surface area contributed by atoms with E-state index in [2.05, 4.69) is 18.0 Å². The monoisotopic (exact) mass is 436 g/mol. The van der Waals surface area contributed by atoms with E-state index in [4.69, 9.17) is 21.6 Å². The van der Waals surface area contributed by atoms with Gasteiger partial charge in [0.05, 0.1) is 29.9 Å². The van der Waals surface area contributed by atoms with Crippen LogP contribution in [0.3, 0.4) is 0 Å². The van der Waals surface area contributed by atoms with E-state index < -0.39 is 6.09 Å². The number of rotatable bonds is 9. The molecule has 7 heteroatoms. The van der Waals surface area contributed by atoms with Crippen LogP contribution in [-0.2, 0) is 17.9 Å². The minimum Gasteiger partial charge on any atom is -0.443 e. The Morgan fingerprint density at radius 3 is 2.74 bits per heavy atom. The minimum atomic E-state index is -0.413. The molecule has 3 aromatic rings. The van der Waals surface area contributed by atoms with Crippen LogP contribution in [0, 0.1) is 11.3 Å². The number of nitriles is 1. The van der Waals surface area contributed by atoms with Crippen LogP contribution < -0.4 is 4.90 Å². The summed E-state index contributed by atoms with van der Waals surface area (Å²) >= 11 is 6.12. The average Bonchev–Trinajstić information content (AvgIpc) is 3.22. The lowest BCUT2D eigenvalue weighted by Crippen LogP contribution is -2.32. The summed E-state index contributed by atoms with van der Waals surface area (Å²) in [5, 5.41) is 9.51. The standard InChI is InChI=1S/C24H25ClN4O2/c1-2-3-4-12-29(22-7-5-6-21(25)13-22)24(30)31-17-23-15-27-18-28(23)16-20-10-8-19(14-26)9-11-20/h5-11,13,15,18H,2-4,12,16-17H2,1H3. The molecule has 0 aliphatic rings. The Labute approximate surface area is 187 Å². The smallest absolute Gasteiger partial charge is 0.414 e. The first-order valence-corrected chi connectivity index (χ1v) is 10.7. The van der Waals surface area contributed by atoms with Crippen molar-refractivity contribution in [1.29, 1.82) is 5.26 Å². The molecule has 0 bridgehead atoms. The largest absolute Gasteiger partial charge is 0.443 e. The first-order chi connectivity index (χ1) is 15.1. The van der Waals surface area contributed by atoms with Crippen molar-refractivity contribution in [2.24, 2.45) is 0 Å². The predicted molar refractivity (Wildman–Crippen MR) is 121 cm³/mol. The van der Waals surface area contributed by atoms with Crippen molar-refractivity contribution in [3.8, 4) is 6.07 Å². The lowest BCUT2D eigenvalue weighted by Gasteiger charge is -2.22. The second kappa shape index (κ2) is 11.2. The molecule has 0 fully saturated rings. The zero-order valence-electron chi connectivity index (χ0n) is 17.5. The first-order valence-electron chi connectivity index (χ1n) is 10.3. The topological polar surface area (TPSA) is 71.2 Å². The molecule has 0 saturated carbocycles. The summed E-state index contributed by atoms with van der Waals surface area (Å²) in [5.41, 5.74) is 3.16. The van der Waals surface area contributed by atoms with Crippen LogP contribution in [0.1, 0.15) is 43.0 Å². The molecule has 0 N–H and O–H groups in total. The Hall–Kier alpha value is -3.30. The minimum absolute atomic E-state index is 0.111. The van der Waals surface area contributed by atoms with Crippen LogP contribution in [0.15, 0.2) is 61.1 Å². The van der Waals surface area contributed by atoms with Gasteiger partial charge in [-0.05, 0) is 42.3 Å². The van der Waals surface area contributed by atoms with E-state index in [0.717, 1.165) is 36.2 Å². The zero-order chi connectivity index (χ0) is 22.1. The lowest BCUT2D eigenvalue weighted by molar-refractivity contribution is 0.144. The van der Waals surface area contributed by atoms with Gasteiger partial charge in [0.1, 0.15) is 6.61 Å². The number of nitrogens with zero attached hydrogens (tertiary/aromatic N) is 4. The van der Waals surface area contributed by atoms with Crippen molar-refractivity contribution in [2.75, 3.05) is 11.4 Å². The van der Waals surface area contributed by atoms with Gasteiger partial charge in [-0.3, -0.25) is 4.90 Å². The number of carbonyl (C=O) groups is 1. The number of imidazole rings is 1. The van der Waals surface area contributed by atoms with E-state index in [-0.39, 0.29) is 6.61 Å². The molecule has 0 atom stereocenters. The van der Waals surface area contributed by atoms with Crippen LogP contribution in [0.2, 0.25) is 5.02 Å². The number of carbonyl (C=O) groups excluding carboxylic acids is 1. The number of anilines is 1. The molecule has 2 aromatic carbocycles. The summed E-state index contributed by atoms with van der Waals surface area (Å²) in [6.07, 6.45) is 5.96. The Bertz CT molecular complexity index is 1040. The molecule has 0 saturated heterocycles. The second-order valence-corrected chi connectivity index (χ2v) is 7.65. The highest BCUT2D eigenvalue weighted by Gasteiger charge is 2.18. The molecule has 1 amide bonds. The molecule has 0 aliphatic carbocycles. The van der Waals surface area contributed by atoms with E-state index in [1.165, 1.54) is 0 Å². The van der Waals surface area contributed by atoms with Gasteiger partial charge in [-0.25, -0.2) is 9.78 Å². The average molecular weight is 437 g/mol. The van der Waals surface area contributed by atoms with E-state index >= 15 is 0 Å². The van der Waals surface area contributed by atoms with Crippen LogP contribution >= 0.6 is 11.6 Å². The highest BCUT2D eigenvalue weighted by atomic mass is 35.5. The molecule has 0 radical (unpaired) electrons. The summed E-state index contributed by atoms with van der Waals surface area (Å²) in [6.45, 7) is 3.38. The molecule has 0 unspecified atom stereocenters. The quantitative estimate of drug-likeness (QED) is 0.398. The number of halogens is 1. The fourth-order valence-electron chi connectivity index (χ4n) is 3.20. The van der Waals surface area contributed by atoms with Gasteiger partial charge in [-0.1, -0.05) is 49.6 Å². The Morgan fingerprint density at radius 2 is 2.03 bits per heavy atom. The van der Waals surface area contributed by atoms with E-state index in [0.29, 0.717) is 23.7 Å². The van der Waals surface area contributed by atoms with Crippen LogP contribution in [-0.4, -0.2) is 22.2 Å². The number of amides is 1. The summed E-state index contributed by atoms with van der Waals surface area (Å²) < 4.78 is 7.55. The number of aromatic nitrogens is 2. The molecule has 3 rings (SSSR count). The van der Waals surface area contributed by atoms with E-state index in [1.807, 2.05) is 28.8 Å². The fraction of sp³-hybridized carbons (Fsp3) is 0.292. The number of hydrogen-bond donors (Lipinski definition) is 0. The first kappa shape index (κ1) is 22.4. The van der Waals surface area contributed by atoms with Crippen molar-refractivity contribution in [3.05, 3.63) is 82.9 Å². The van der Waals surface area contributed by atoms with Crippen molar-refractivity contribution in [1.82, 2.24) is 9.55 Å². The molecule has 1 aromatic heterocycles. The Morgan fingerprint density at radius 1 is 1.23 bits per heavy atom. The fourth-order valence-corrected chi connectivity index (χ4v) is 3.38. The normalized spacial score (nSPS) is 10.5. The van der Waals surface area contributed by atoms with Crippen LogP contribution in [0.5, 0.6) is 0 Å². The number of hydrogen-bond acceptors (Lipinski definition) is 4. The molecule has 0 spiro atoms. The molecular formula is C24H25ClN4O2.